The van der Waals surface area contributed by atoms with Gasteiger partial charge in [-0.3, -0.25) is 0 Å². The van der Waals surface area contributed by atoms with Gasteiger partial charge in [0.25, 0.3) is 0 Å². The molecular weight excluding hydrogens is 352 g/mol. The standard InChI is InChI=1S/C23H22N2O3/c26-17(13-24-12-16-9-10-22-23(11-16)28-15-27-22)14-25-20-7-3-1-5-18(20)19-6-2-4-8-21(19)25/h1-11,17,24,26H,12-15H2/t17-/m0/s1. The van der Waals surface area contributed by atoms with Crippen molar-refractivity contribution in [3.8, 4) is 11.5 Å². The number of nitrogens with zero attached hydrogens (tertiary/aromatic N) is 1. The van der Waals surface area contributed by atoms with Crippen molar-refractivity contribution in [2.75, 3.05) is 13.3 Å². The van der Waals surface area contributed by atoms with E-state index in [-0.39, 0.29) is 6.79 Å². The molecule has 0 amide bonds. The molecule has 5 nitrogen and oxygen atoms in total. The summed E-state index contributed by atoms with van der Waals surface area (Å²) < 4.78 is 13.0. The van der Waals surface area contributed by atoms with Crippen LogP contribution in [0.3, 0.4) is 0 Å². The van der Waals surface area contributed by atoms with Crippen LogP contribution in [0.4, 0.5) is 0 Å². The van der Waals surface area contributed by atoms with Crippen molar-refractivity contribution < 1.29 is 14.6 Å². The highest BCUT2D eigenvalue weighted by atomic mass is 16.7. The lowest BCUT2D eigenvalue weighted by Gasteiger charge is -2.15. The third-order valence-electron chi connectivity index (χ3n) is 5.22. The molecule has 0 aliphatic carbocycles. The van der Waals surface area contributed by atoms with Gasteiger partial charge in [0.1, 0.15) is 0 Å². The fourth-order valence-electron chi connectivity index (χ4n) is 3.91. The van der Waals surface area contributed by atoms with Crippen LogP contribution in [0.25, 0.3) is 21.8 Å². The maximum absolute atomic E-state index is 10.6. The van der Waals surface area contributed by atoms with Crippen LogP contribution in [0.15, 0.2) is 66.7 Å². The number of para-hydroxylation sites is 2. The monoisotopic (exact) mass is 374 g/mol. The molecule has 0 spiro atoms. The van der Waals surface area contributed by atoms with E-state index in [1.54, 1.807) is 0 Å². The van der Waals surface area contributed by atoms with Crippen LogP contribution in [0.2, 0.25) is 0 Å². The summed E-state index contributed by atoms with van der Waals surface area (Å²) in [5, 5.41) is 16.4. The Bertz CT molecular complexity index is 1080. The number of aliphatic hydroxyl groups excluding tert-OH is 1. The zero-order valence-corrected chi connectivity index (χ0v) is 15.5. The van der Waals surface area contributed by atoms with Gasteiger partial charge < -0.3 is 24.5 Å². The average Bonchev–Trinajstić information content (AvgIpc) is 3.31. The molecule has 0 bridgehead atoms. The number of ether oxygens (including phenoxy) is 2. The number of nitrogens with one attached hydrogen (secondary N) is 1. The second-order valence-corrected chi connectivity index (χ2v) is 7.12. The molecule has 1 aromatic heterocycles. The Labute approximate surface area is 163 Å². The normalized spacial score (nSPS) is 14.0. The first-order chi connectivity index (χ1) is 13.8. The average molecular weight is 374 g/mol. The zero-order valence-electron chi connectivity index (χ0n) is 15.5. The Balaban J connectivity index is 1.28. The van der Waals surface area contributed by atoms with Crippen molar-refractivity contribution >= 4 is 21.8 Å². The molecule has 0 saturated heterocycles. The number of fused-ring (bicyclic) bond motifs is 4. The van der Waals surface area contributed by atoms with E-state index in [1.807, 2.05) is 30.3 Å². The molecule has 1 atom stereocenters. The minimum absolute atomic E-state index is 0.281. The second kappa shape index (κ2) is 7.19. The number of rotatable bonds is 6. The summed E-state index contributed by atoms with van der Waals surface area (Å²) in [6.07, 6.45) is -0.492. The van der Waals surface area contributed by atoms with Crippen LogP contribution in [0.5, 0.6) is 11.5 Å². The molecule has 0 radical (unpaired) electrons. The second-order valence-electron chi connectivity index (χ2n) is 7.12. The van der Waals surface area contributed by atoms with E-state index in [1.165, 1.54) is 10.8 Å². The zero-order chi connectivity index (χ0) is 18.9. The maximum atomic E-state index is 10.6. The van der Waals surface area contributed by atoms with Crippen LogP contribution >= 0.6 is 0 Å². The molecule has 3 aromatic carbocycles. The van der Waals surface area contributed by atoms with Crippen molar-refractivity contribution in [3.05, 3.63) is 72.3 Å². The summed E-state index contributed by atoms with van der Waals surface area (Å²) in [5.74, 6) is 1.57. The smallest absolute Gasteiger partial charge is 0.231 e. The molecule has 1 aliphatic heterocycles. The van der Waals surface area contributed by atoms with Gasteiger partial charge in [-0.05, 0) is 29.8 Å². The molecule has 2 heterocycles. The number of aromatic nitrogens is 1. The lowest BCUT2D eigenvalue weighted by atomic mass is 10.2. The highest BCUT2D eigenvalue weighted by Gasteiger charge is 2.15. The van der Waals surface area contributed by atoms with Crippen molar-refractivity contribution in [2.45, 2.75) is 19.2 Å². The van der Waals surface area contributed by atoms with E-state index in [2.05, 4.69) is 46.3 Å². The van der Waals surface area contributed by atoms with Gasteiger partial charge >= 0.3 is 0 Å². The fourth-order valence-corrected chi connectivity index (χ4v) is 3.91. The van der Waals surface area contributed by atoms with Gasteiger partial charge in [0, 0.05) is 34.9 Å². The topological polar surface area (TPSA) is 55.6 Å². The van der Waals surface area contributed by atoms with Crippen molar-refractivity contribution in [3.63, 3.8) is 0 Å². The van der Waals surface area contributed by atoms with Gasteiger partial charge in [-0.15, -0.1) is 0 Å². The molecule has 1 aliphatic rings. The van der Waals surface area contributed by atoms with Crippen LogP contribution in [-0.2, 0) is 13.1 Å². The summed E-state index contributed by atoms with van der Waals surface area (Å²) in [6, 6.07) is 22.6. The molecular formula is C23H22N2O3. The Morgan fingerprint density at radius 3 is 2.32 bits per heavy atom. The van der Waals surface area contributed by atoms with E-state index in [0.29, 0.717) is 19.6 Å². The molecule has 5 heteroatoms. The van der Waals surface area contributed by atoms with Crippen molar-refractivity contribution in [2.24, 2.45) is 0 Å². The summed E-state index contributed by atoms with van der Waals surface area (Å²) >= 11 is 0. The van der Waals surface area contributed by atoms with Gasteiger partial charge in [-0.25, -0.2) is 0 Å². The van der Waals surface area contributed by atoms with Gasteiger partial charge in [-0.1, -0.05) is 42.5 Å². The number of hydrogen-bond acceptors (Lipinski definition) is 4. The Morgan fingerprint density at radius 1 is 0.893 bits per heavy atom. The van der Waals surface area contributed by atoms with Crippen LogP contribution < -0.4 is 14.8 Å². The third-order valence-corrected chi connectivity index (χ3v) is 5.22. The Morgan fingerprint density at radius 2 is 1.57 bits per heavy atom. The highest BCUT2D eigenvalue weighted by Crippen LogP contribution is 2.32. The highest BCUT2D eigenvalue weighted by molar-refractivity contribution is 6.07. The summed E-state index contributed by atoms with van der Waals surface area (Å²) in [5.41, 5.74) is 3.41. The lowest BCUT2D eigenvalue weighted by molar-refractivity contribution is 0.154. The number of aliphatic hydroxyl groups is 1. The van der Waals surface area contributed by atoms with E-state index >= 15 is 0 Å². The number of hydrogen-bond donors (Lipinski definition) is 2. The van der Waals surface area contributed by atoms with E-state index in [9.17, 15) is 5.11 Å². The molecule has 0 saturated carbocycles. The Kier molecular flexibility index (Phi) is 4.39. The lowest BCUT2D eigenvalue weighted by Crippen LogP contribution is -2.29. The van der Waals surface area contributed by atoms with Gasteiger partial charge in [0.05, 0.1) is 12.6 Å². The molecule has 5 rings (SSSR count). The SMILES string of the molecule is O[C@@H](CNCc1ccc2c(c1)OCO2)Cn1c2ccccc2c2ccccc21. The minimum atomic E-state index is -0.492. The summed E-state index contributed by atoms with van der Waals surface area (Å²) in [4.78, 5) is 0. The molecule has 142 valence electrons. The van der Waals surface area contributed by atoms with Crippen LogP contribution in [0.1, 0.15) is 5.56 Å². The van der Waals surface area contributed by atoms with Gasteiger partial charge in [-0.2, -0.15) is 0 Å². The van der Waals surface area contributed by atoms with Gasteiger partial charge in [0.2, 0.25) is 6.79 Å². The quantitative estimate of drug-likeness (QED) is 0.541. The first-order valence-electron chi connectivity index (χ1n) is 9.53. The predicted octanol–water partition coefficient (Wildman–Crippen LogP) is 3.67. The largest absolute Gasteiger partial charge is 0.454 e. The van der Waals surface area contributed by atoms with E-state index in [4.69, 9.17) is 9.47 Å². The minimum Gasteiger partial charge on any atom is -0.454 e. The molecule has 2 N–H and O–H groups in total. The van der Waals surface area contributed by atoms with Gasteiger partial charge in [0.15, 0.2) is 11.5 Å². The molecule has 0 unspecified atom stereocenters. The molecule has 0 fully saturated rings. The third kappa shape index (κ3) is 3.09. The van der Waals surface area contributed by atoms with Crippen LogP contribution in [-0.4, -0.2) is 29.1 Å². The fraction of sp³-hybridized carbons (Fsp3) is 0.217. The molecule has 28 heavy (non-hydrogen) atoms. The van der Waals surface area contributed by atoms with Crippen LogP contribution in [0, 0.1) is 0 Å². The maximum Gasteiger partial charge on any atom is 0.231 e. The van der Waals surface area contributed by atoms with E-state index in [0.717, 1.165) is 28.1 Å². The number of benzene rings is 3. The molecule has 4 aromatic rings. The summed E-state index contributed by atoms with van der Waals surface area (Å²) in [6.45, 7) is 2.00. The first kappa shape index (κ1) is 17.1. The van der Waals surface area contributed by atoms with Crippen molar-refractivity contribution in [1.82, 2.24) is 9.88 Å². The Hall–Kier alpha value is -3.02. The van der Waals surface area contributed by atoms with E-state index < -0.39 is 6.10 Å². The predicted molar refractivity (Wildman–Crippen MR) is 110 cm³/mol. The summed E-state index contributed by atoms with van der Waals surface area (Å²) in [7, 11) is 0. The first-order valence-corrected chi connectivity index (χ1v) is 9.53. The van der Waals surface area contributed by atoms with Crippen molar-refractivity contribution in [1.29, 1.82) is 0 Å².